The molecule has 0 radical (unpaired) electrons. The van der Waals surface area contributed by atoms with Crippen molar-refractivity contribution in [2.24, 2.45) is 0 Å². The Labute approximate surface area is 157 Å². The number of rotatable bonds is 2. The third-order valence-corrected chi connectivity index (χ3v) is 5.80. The number of hydrogen-bond acceptors (Lipinski definition) is 2. The number of benzene rings is 4. The summed E-state index contributed by atoms with van der Waals surface area (Å²) in [4.78, 5) is 4.94. The van der Waals surface area contributed by atoms with Crippen LogP contribution in [0.3, 0.4) is 0 Å². The Bertz CT molecular complexity index is 1010. The van der Waals surface area contributed by atoms with Crippen molar-refractivity contribution in [3.63, 3.8) is 0 Å². The van der Waals surface area contributed by atoms with Crippen molar-refractivity contribution in [1.82, 2.24) is 0 Å². The number of para-hydroxylation sites is 2. The summed E-state index contributed by atoms with van der Waals surface area (Å²) in [7, 11) is 0. The molecule has 4 aromatic rings. The zero-order chi connectivity index (χ0) is 17.3. The first-order chi connectivity index (χ1) is 12.9. The molecule has 0 saturated carbocycles. The summed E-state index contributed by atoms with van der Waals surface area (Å²) in [5.74, 6) is 0. The molecule has 0 unspecified atom stereocenters. The first-order valence-corrected chi connectivity index (χ1v) is 9.53. The third-order valence-electron chi connectivity index (χ3n) is 4.66. The fourth-order valence-electron chi connectivity index (χ4n) is 3.42. The van der Waals surface area contributed by atoms with Crippen molar-refractivity contribution in [1.29, 1.82) is 0 Å². The summed E-state index contributed by atoms with van der Waals surface area (Å²) in [6.45, 7) is 0. The van der Waals surface area contributed by atoms with E-state index in [0.29, 0.717) is 0 Å². The number of fused-ring (bicyclic) bond motifs is 2. The molecule has 4 aromatic carbocycles. The average molecular weight is 351 g/mol. The van der Waals surface area contributed by atoms with Gasteiger partial charge in [0, 0.05) is 15.5 Å². The summed E-state index contributed by atoms with van der Waals surface area (Å²) < 4.78 is 0. The Morgan fingerprint density at radius 1 is 0.462 bits per heavy atom. The molecule has 1 aliphatic heterocycles. The second kappa shape index (κ2) is 6.40. The predicted octanol–water partition coefficient (Wildman–Crippen LogP) is 7.29. The highest BCUT2D eigenvalue weighted by atomic mass is 32.2. The maximum atomic E-state index is 2.36. The van der Waals surface area contributed by atoms with Crippen LogP contribution in [0.25, 0.3) is 11.1 Å². The minimum atomic E-state index is 1.19. The normalized spacial score (nSPS) is 12.4. The van der Waals surface area contributed by atoms with E-state index < -0.39 is 0 Å². The zero-order valence-electron chi connectivity index (χ0n) is 14.2. The maximum Gasteiger partial charge on any atom is 0.0601 e. The summed E-state index contributed by atoms with van der Waals surface area (Å²) in [6.07, 6.45) is 0. The van der Waals surface area contributed by atoms with Gasteiger partial charge in [0.05, 0.1) is 11.4 Å². The molecule has 0 amide bonds. The highest BCUT2D eigenvalue weighted by Gasteiger charge is 2.23. The van der Waals surface area contributed by atoms with Gasteiger partial charge >= 0.3 is 0 Å². The lowest BCUT2D eigenvalue weighted by atomic mass is 10.0. The van der Waals surface area contributed by atoms with Crippen LogP contribution in [-0.2, 0) is 0 Å². The van der Waals surface area contributed by atoms with Crippen molar-refractivity contribution >= 4 is 28.8 Å². The van der Waals surface area contributed by atoms with E-state index in [9.17, 15) is 0 Å². The van der Waals surface area contributed by atoms with E-state index in [1.54, 1.807) is 0 Å². The molecule has 0 bridgehead atoms. The van der Waals surface area contributed by atoms with E-state index in [4.69, 9.17) is 0 Å². The Hall–Kier alpha value is -2.97. The van der Waals surface area contributed by atoms with Crippen LogP contribution in [0.2, 0.25) is 0 Å². The summed E-state index contributed by atoms with van der Waals surface area (Å²) in [5, 5.41) is 0. The van der Waals surface area contributed by atoms with Crippen molar-refractivity contribution in [3.05, 3.63) is 103 Å². The fourth-order valence-corrected chi connectivity index (χ4v) is 4.47. The lowest BCUT2D eigenvalue weighted by Gasteiger charge is -2.32. The van der Waals surface area contributed by atoms with Crippen molar-refractivity contribution in [2.45, 2.75) is 9.79 Å². The van der Waals surface area contributed by atoms with Crippen LogP contribution in [0, 0.1) is 0 Å². The molecule has 1 aliphatic rings. The quantitative estimate of drug-likeness (QED) is 0.328. The van der Waals surface area contributed by atoms with E-state index >= 15 is 0 Å². The van der Waals surface area contributed by atoms with Crippen LogP contribution in [0.5, 0.6) is 0 Å². The molecule has 124 valence electrons. The second-order valence-electron chi connectivity index (χ2n) is 6.29. The molecular formula is C24H17NS. The van der Waals surface area contributed by atoms with E-state index in [2.05, 4.69) is 108 Å². The van der Waals surface area contributed by atoms with Crippen LogP contribution in [0.4, 0.5) is 17.1 Å². The van der Waals surface area contributed by atoms with Crippen molar-refractivity contribution < 1.29 is 0 Å². The lowest BCUT2D eigenvalue weighted by Crippen LogP contribution is -2.14. The van der Waals surface area contributed by atoms with E-state index in [1.807, 2.05) is 11.8 Å². The van der Waals surface area contributed by atoms with E-state index in [1.165, 1.54) is 38.0 Å². The molecule has 0 atom stereocenters. The number of hydrogen-bond donors (Lipinski definition) is 0. The second-order valence-corrected chi connectivity index (χ2v) is 7.37. The largest absolute Gasteiger partial charge is 0.308 e. The monoisotopic (exact) mass is 351 g/mol. The number of anilines is 3. The highest BCUT2D eigenvalue weighted by Crippen LogP contribution is 2.51. The van der Waals surface area contributed by atoms with Crippen molar-refractivity contribution in [3.8, 4) is 11.1 Å². The van der Waals surface area contributed by atoms with Gasteiger partial charge in [0.15, 0.2) is 0 Å². The first-order valence-electron chi connectivity index (χ1n) is 8.72. The van der Waals surface area contributed by atoms with Crippen molar-refractivity contribution in [2.75, 3.05) is 4.90 Å². The molecule has 0 fully saturated rings. The molecule has 0 aromatic heterocycles. The summed E-state index contributed by atoms with van der Waals surface area (Å²) in [6, 6.07) is 36.6. The zero-order valence-corrected chi connectivity index (χ0v) is 15.0. The van der Waals surface area contributed by atoms with Crippen LogP contribution >= 0.6 is 11.8 Å². The van der Waals surface area contributed by atoms with Gasteiger partial charge in [-0.2, -0.15) is 0 Å². The maximum absolute atomic E-state index is 2.36. The molecule has 0 spiro atoms. The van der Waals surface area contributed by atoms with Crippen LogP contribution < -0.4 is 4.90 Å². The molecule has 0 saturated heterocycles. The standard InChI is InChI=1S/C24H17NS/c1-2-8-18(9-3-1)19-14-16-20(17-15-19)25-21-10-4-6-12-23(21)26-24-13-7-5-11-22(24)25/h1-17H. The molecule has 1 heterocycles. The smallest absolute Gasteiger partial charge is 0.0601 e. The minimum absolute atomic E-state index is 1.19. The fraction of sp³-hybridized carbons (Fsp3) is 0. The Kier molecular flexibility index (Phi) is 3.76. The van der Waals surface area contributed by atoms with E-state index in [0.717, 1.165) is 0 Å². The van der Waals surface area contributed by atoms with Gasteiger partial charge in [-0.3, -0.25) is 0 Å². The van der Waals surface area contributed by atoms with Gasteiger partial charge in [0.2, 0.25) is 0 Å². The van der Waals surface area contributed by atoms with Crippen LogP contribution in [0.15, 0.2) is 113 Å². The molecule has 5 rings (SSSR count). The van der Waals surface area contributed by atoms with Gasteiger partial charge in [-0.15, -0.1) is 0 Å². The van der Waals surface area contributed by atoms with Gasteiger partial charge in [-0.05, 0) is 47.5 Å². The van der Waals surface area contributed by atoms with Crippen LogP contribution in [0.1, 0.15) is 0 Å². The summed E-state index contributed by atoms with van der Waals surface area (Å²) >= 11 is 1.84. The van der Waals surface area contributed by atoms with Gasteiger partial charge < -0.3 is 4.90 Å². The topological polar surface area (TPSA) is 3.24 Å². The van der Waals surface area contributed by atoms with Gasteiger partial charge in [-0.1, -0.05) is 78.5 Å². The lowest BCUT2D eigenvalue weighted by molar-refractivity contribution is 1.17. The number of nitrogens with zero attached hydrogens (tertiary/aromatic N) is 1. The van der Waals surface area contributed by atoms with Gasteiger partial charge in [0.1, 0.15) is 0 Å². The van der Waals surface area contributed by atoms with Crippen LogP contribution in [-0.4, -0.2) is 0 Å². The Morgan fingerprint density at radius 2 is 0.962 bits per heavy atom. The predicted molar refractivity (Wildman–Crippen MR) is 111 cm³/mol. The Morgan fingerprint density at radius 3 is 1.58 bits per heavy atom. The molecular weight excluding hydrogens is 334 g/mol. The molecule has 0 N–H and O–H groups in total. The van der Waals surface area contributed by atoms with E-state index in [-0.39, 0.29) is 0 Å². The third kappa shape index (κ3) is 2.59. The molecule has 1 nitrogen and oxygen atoms in total. The van der Waals surface area contributed by atoms with Gasteiger partial charge in [0.25, 0.3) is 0 Å². The molecule has 2 heteroatoms. The average Bonchev–Trinajstić information content (AvgIpc) is 2.73. The highest BCUT2D eigenvalue weighted by molar-refractivity contribution is 7.99. The van der Waals surface area contributed by atoms with Gasteiger partial charge in [-0.25, -0.2) is 0 Å². The SMILES string of the molecule is c1ccc(-c2ccc(N3c4ccccc4Sc4ccccc43)cc2)cc1. The Balaban J connectivity index is 1.62. The molecule has 0 aliphatic carbocycles. The minimum Gasteiger partial charge on any atom is -0.308 e. The first kappa shape index (κ1) is 15.3. The molecule has 26 heavy (non-hydrogen) atoms. The summed E-state index contributed by atoms with van der Waals surface area (Å²) in [5.41, 5.74) is 6.15.